The third-order valence-electron chi connectivity index (χ3n) is 6.98. The number of ether oxygens (including phenoxy) is 1. The van der Waals surface area contributed by atoms with Gasteiger partial charge >= 0.3 is 5.69 Å². The number of nitrogens with zero attached hydrogens (tertiary/aromatic N) is 3. The fourth-order valence-corrected chi connectivity index (χ4v) is 5.01. The third-order valence-corrected chi connectivity index (χ3v) is 6.98. The van der Waals surface area contributed by atoms with Gasteiger partial charge in [0.1, 0.15) is 11.3 Å². The number of aromatic nitrogens is 3. The van der Waals surface area contributed by atoms with Crippen molar-refractivity contribution in [2.45, 2.75) is 39.2 Å². The summed E-state index contributed by atoms with van der Waals surface area (Å²) in [6, 6.07) is 10.6. The summed E-state index contributed by atoms with van der Waals surface area (Å²) in [6.45, 7) is 2.13. The summed E-state index contributed by atoms with van der Waals surface area (Å²) >= 11 is 0. The molecule has 1 N–H and O–H groups in total. The summed E-state index contributed by atoms with van der Waals surface area (Å²) < 4.78 is 13.6. The quantitative estimate of drug-likeness (QED) is 0.472. The predicted molar refractivity (Wildman–Crippen MR) is 133 cm³/mol. The lowest BCUT2D eigenvalue weighted by atomic mass is 9.81. The summed E-state index contributed by atoms with van der Waals surface area (Å²) in [5.74, 6) is 1.18. The number of fused-ring (bicyclic) bond motifs is 2. The Bertz CT molecular complexity index is 1540. The van der Waals surface area contributed by atoms with E-state index in [1.807, 2.05) is 12.1 Å². The highest BCUT2D eigenvalue weighted by molar-refractivity contribution is 5.94. The first-order valence-electron chi connectivity index (χ1n) is 11.8. The van der Waals surface area contributed by atoms with Gasteiger partial charge in [-0.25, -0.2) is 9.78 Å². The SMILES string of the molecule is COc1ccc2c(c1)c(=O)n(C[C@H]1CC[C@H](C(=O)Nc3ccc4nc(C)oc4c3)CC1)c(=O)n2C. The molecular formula is C26H28N4O5. The molecule has 0 saturated heterocycles. The van der Waals surface area contributed by atoms with Crippen molar-refractivity contribution in [2.24, 2.45) is 18.9 Å². The number of aryl methyl sites for hydroxylation is 2. The zero-order valence-electron chi connectivity index (χ0n) is 20.0. The van der Waals surface area contributed by atoms with E-state index in [9.17, 15) is 14.4 Å². The van der Waals surface area contributed by atoms with Crippen molar-refractivity contribution >= 4 is 33.6 Å². The second kappa shape index (κ2) is 9.05. The summed E-state index contributed by atoms with van der Waals surface area (Å²) in [7, 11) is 3.22. The number of methoxy groups -OCH3 is 1. The maximum Gasteiger partial charge on any atom is 0.331 e. The van der Waals surface area contributed by atoms with Crippen LogP contribution in [0.2, 0.25) is 0 Å². The van der Waals surface area contributed by atoms with Crippen LogP contribution in [0.1, 0.15) is 31.6 Å². The van der Waals surface area contributed by atoms with E-state index in [0.29, 0.717) is 53.2 Å². The molecule has 182 valence electrons. The summed E-state index contributed by atoms with van der Waals surface area (Å²) in [5, 5.41) is 3.44. The van der Waals surface area contributed by atoms with E-state index >= 15 is 0 Å². The Balaban J connectivity index is 1.27. The molecule has 35 heavy (non-hydrogen) atoms. The highest BCUT2D eigenvalue weighted by Gasteiger charge is 2.27. The van der Waals surface area contributed by atoms with Crippen molar-refractivity contribution in [3.63, 3.8) is 0 Å². The first-order valence-corrected chi connectivity index (χ1v) is 11.8. The Labute approximate surface area is 201 Å². The number of hydrogen-bond donors (Lipinski definition) is 1. The number of oxazole rings is 1. The van der Waals surface area contributed by atoms with Gasteiger partial charge in [-0.3, -0.25) is 18.7 Å². The van der Waals surface area contributed by atoms with Crippen LogP contribution in [0.3, 0.4) is 0 Å². The molecule has 0 spiro atoms. The maximum atomic E-state index is 13.1. The molecule has 0 aliphatic heterocycles. The fourth-order valence-electron chi connectivity index (χ4n) is 5.01. The Morgan fingerprint density at radius 2 is 1.91 bits per heavy atom. The Hall–Kier alpha value is -3.88. The molecule has 0 radical (unpaired) electrons. The molecule has 0 unspecified atom stereocenters. The molecule has 4 aromatic rings. The van der Waals surface area contributed by atoms with E-state index in [1.165, 1.54) is 9.13 Å². The summed E-state index contributed by atoms with van der Waals surface area (Å²) in [4.78, 5) is 43.2. The van der Waals surface area contributed by atoms with Crippen molar-refractivity contribution in [1.29, 1.82) is 0 Å². The summed E-state index contributed by atoms with van der Waals surface area (Å²) in [5.41, 5.74) is 2.03. The molecule has 5 rings (SSSR count). The molecular weight excluding hydrogens is 448 g/mol. The van der Waals surface area contributed by atoms with Gasteiger partial charge in [0.05, 0.1) is 18.0 Å². The molecule has 1 saturated carbocycles. The van der Waals surface area contributed by atoms with E-state index in [1.54, 1.807) is 45.3 Å². The summed E-state index contributed by atoms with van der Waals surface area (Å²) in [6.07, 6.45) is 2.95. The maximum absolute atomic E-state index is 13.1. The van der Waals surface area contributed by atoms with E-state index in [4.69, 9.17) is 9.15 Å². The smallest absolute Gasteiger partial charge is 0.331 e. The highest BCUT2D eigenvalue weighted by Crippen LogP contribution is 2.31. The number of nitrogens with one attached hydrogen (secondary N) is 1. The van der Waals surface area contributed by atoms with Gasteiger partial charge in [-0.2, -0.15) is 0 Å². The lowest BCUT2D eigenvalue weighted by Gasteiger charge is -2.28. The van der Waals surface area contributed by atoms with Gasteiger partial charge in [-0.1, -0.05) is 0 Å². The van der Waals surface area contributed by atoms with Gasteiger partial charge in [-0.05, 0) is 61.9 Å². The highest BCUT2D eigenvalue weighted by atomic mass is 16.5. The molecule has 2 heterocycles. The van der Waals surface area contributed by atoms with Crippen molar-refractivity contribution < 1.29 is 13.9 Å². The molecule has 1 amide bonds. The minimum Gasteiger partial charge on any atom is -0.497 e. The van der Waals surface area contributed by atoms with E-state index in [-0.39, 0.29) is 29.0 Å². The fraction of sp³-hybridized carbons (Fsp3) is 0.385. The molecule has 1 aliphatic rings. The van der Waals surface area contributed by atoms with Gasteiger partial charge in [0.15, 0.2) is 11.5 Å². The Morgan fingerprint density at radius 1 is 1.14 bits per heavy atom. The second-order valence-electron chi connectivity index (χ2n) is 9.26. The minimum atomic E-state index is -0.328. The molecule has 0 atom stereocenters. The molecule has 9 nitrogen and oxygen atoms in total. The largest absolute Gasteiger partial charge is 0.497 e. The molecule has 1 aliphatic carbocycles. The van der Waals surface area contributed by atoms with Crippen LogP contribution in [0, 0.1) is 18.8 Å². The van der Waals surface area contributed by atoms with Crippen molar-refractivity contribution in [3.8, 4) is 5.75 Å². The number of amides is 1. The Morgan fingerprint density at radius 3 is 2.66 bits per heavy atom. The normalized spacial score (nSPS) is 18.1. The lowest BCUT2D eigenvalue weighted by molar-refractivity contribution is -0.121. The topological polar surface area (TPSA) is 108 Å². The number of hydrogen-bond acceptors (Lipinski definition) is 6. The van der Waals surface area contributed by atoms with Gasteiger partial charge in [0.25, 0.3) is 5.56 Å². The second-order valence-corrected chi connectivity index (χ2v) is 9.26. The third kappa shape index (κ3) is 4.34. The van der Waals surface area contributed by atoms with Crippen molar-refractivity contribution in [1.82, 2.24) is 14.1 Å². The zero-order chi connectivity index (χ0) is 24.7. The molecule has 9 heteroatoms. The van der Waals surface area contributed by atoms with E-state index in [2.05, 4.69) is 10.3 Å². The van der Waals surface area contributed by atoms with Gasteiger partial charge in [-0.15, -0.1) is 0 Å². The minimum absolute atomic E-state index is 0.0232. The van der Waals surface area contributed by atoms with Crippen LogP contribution in [0.25, 0.3) is 22.0 Å². The number of carbonyl (C=O) groups excluding carboxylic acids is 1. The van der Waals surface area contributed by atoms with Gasteiger partial charge < -0.3 is 14.5 Å². The van der Waals surface area contributed by atoms with Crippen LogP contribution in [-0.2, 0) is 18.4 Å². The van der Waals surface area contributed by atoms with E-state index in [0.717, 1.165) is 18.4 Å². The van der Waals surface area contributed by atoms with E-state index < -0.39 is 0 Å². The molecule has 0 bridgehead atoms. The number of carbonyl (C=O) groups is 1. The zero-order valence-corrected chi connectivity index (χ0v) is 20.0. The molecule has 2 aromatic heterocycles. The van der Waals surface area contributed by atoms with Gasteiger partial charge in [0, 0.05) is 38.2 Å². The first-order chi connectivity index (χ1) is 16.8. The van der Waals surface area contributed by atoms with Crippen molar-refractivity contribution in [3.05, 3.63) is 63.1 Å². The number of rotatable bonds is 5. The van der Waals surface area contributed by atoms with Crippen LogP contribution in [0.5, 0.6) is 5.75 Å². The van der Waals surface area contributed by atoms with Crippen LogP contribution in [0.15, 0.2) is 50.4 Å². The van der Waals surface area contributed by atoms with Crippen LogP contribution in [-0.4, -0.2) is 27.1 Å². The van der Waals surface area contributed by atoms with Crippen molar-refractivity contribution in [2.75, 3.05) is 12.4 Å². The molecule has 2 aromatic carbocycles. The standard InChI is InChI=1S/C26H28N4O5/c1-15-27-21-10-8-18(12-23(21)35-15)28-24(31)17-6-4-16(5-7-17)14-30-25(32)20-13-19(34-3)9-11-22(20)29(2)26(30)33/h8-13,16-17H,4-7,14H2,1-3H3,(H,28,31)/t16-,17-. The average Bonchev–Trinajstić information content (AvgIpc) is 3.24. The first kappa shape index (κ1) is 22.9. The monoisotopic (exact) mass is 476 g/mol. The number of benzene rings is 2. The lowest BCUT2D eigenvalue weighted by Crippen LogP contribution is -2.41. The van der Waals surface area contributed by atoms with Crippen LogP contribution in [0.4, 0.5) is 5.69 Å². The van der Waals surface area contributed by atoms with Crippen LogP contribution >= 0.6 is 0 Å². The van der Waals surface area contributed by atoms with Gasteiger partial charge in [0.2, 0.25) is 5.91 Å². The van der Waals surface area contributed by atoms with Crippen LogP contribution < -0.4 is 21.3 Å². The average molecular weight is 477 g/mol. The molecule has 1 fully saturated rings. The number of anilines is 1. The Kier molecular flexibility index (Phi) is 5.92. The predicted octanol–water partition coefficient (Wildman–Crippen LogP) is 3.60.